The van der Waals surface area contributed by atoms with Crippen LogP contribution in [0.4, 0.5) is 15.8 Å². The van der Waals surface area contributed by atoms with Crippen LogP contribution in [0.15, 0.2) is 58.7 Å². The Hall–Kier alpha value is -3.22. The molecule has 1 heterocycles. The molecule has 0 radical (unpaired) electrons. The van der Waals surface area contributed by atoms with Gasteiger partial charge in [-0.2, -0.15) is 15.2 Å². The Kier molecular flexibility index (Phi) is 4.74. The second-order valence-electron chi connectivity index (χ2n) is 5.46. The number of hydrogen-bond donors (Lipinski definition) is 1. The molecule has 2 aromatic rings. The summed E-state index contributed by atoms with van der Waals surface area (Å²) < 4.78 is 18.1. The van der Waals surface area contributed by atoms with E-state index in [1.54, 1.807) is 14.0 Å². The van der Waals surface area contributed by atoms with E-state index in [1.165, 1.54) is 35.5 Å². The maximum atomic E-state index is 13.0. The molecular formula is C18H17FN4O2. The average molecular weight is 340 g/mol. The maximum Gasteiger partial charge on any atom is 0.261 e. The molecule has 128 valence electrons. The Bertz CT molecular complexity index is 816. The zero-order valence-electron chi connectivity index (χ0n) is 13.8. The SMILES string of the molecule is COc1ccc(N/N=C/C2C(=O)N(c3ccc(F)cc3)N=C2C)cc1. The minimum atomic E-state index is -0.559. The van der Waals surface area contributed by atoms with Gasteiger partial charge in [-0.05, 0) is 55.5 Å². The standard InChI is InChI=1S/C18H17FN4O2/c1-12-17(11-20-21-14-5-9-16(25-2)10-6-14)18(24)23(22-12)15-7-3-13(19)4-8-15/h3-11,17,21H,1-2H3/b20-11+. The number of rotatable bonds is 5. The van der Waals surface area contributed by atoms with Crippen LogP contribution in [0.5, 0.6) is 5.75 Å². The smallest absolute Gasteiger partial charge is 0.261 e. The number of anilines is 2. The number of nitrogens with zero attached hydrogens (tertiary/aromatic N) is 3. The van der Waals surface area contributed by atoms with Gasteiger partial charge >= 0.3 is 0 Å². The number of benzene rings is 2. The first-order chi connectivity index (χ1) is 12.1. The summed E-state index contributed by atoms with van der Waals surface area (Å²) in [4.78, 5) is 12.5. The lowest BCUT2D eigenvalue weighted by Gasteiger charge is -2.12. The summed E-state index contributed by atoms with van der Waals surface area (Å²) in [6.07, 6.45) is 1.51. The Morgan fingerprint density at radius 2 is 1.88 bits per heavy atom. The van der Waals surface area contributed by atoms with Crippen molar-refractivity contribution in [2.24, 2.45) is 16.1 Å². The normalized spacial score (nSPS) is 17.1. The number of nitrogens with one attached hydrogen (secondary N) is 1. The summed E-state index contributed by atoms with van der Waals surface area (Å²) in [6, 6.07) is 12.9. The second-order valence-corrected chi connectivity index (χ2v) is 5.46. The van der Waals surface area contributed by atoms with E-state index in [4.69, 9.17) is 4.74 Å². The van der Waals surface area contributed by atoms with E-state index in [0.29, 0.717) is 11.4 Å². The Morgan fingerprint density at radius 1 is 1.20 bits per heavy atom. The van der Waals surface area contributed by atoms with E-state index in [9.17, 15) is 9.18 Å². The zero-order chi connectivity index (χ0) is 17.8. The van der Waals surface area contributed by atoms with Crippen LogP contribution in [0.2, 0.25) is 0 Å². The Balaban J connectivity index is 1.67. The minimum absolute atomic E-state index is 0.232. The lowest BCUT2D eigenvalue weighted by molar-refractivity contribution is -0.118. The van der Waals surface area contributed by atoms with E-state index >= 15 is 0 Å². The highest BCUT2D eigenvalue weighted by Gasteiger charge is 2.33. The van der Waals surface area contributed by atoms with Crippen molar-refractivity contribution in [3.8, 4) is 5.75 Å². The molecule has 0 bridgehead atoms. The number of ether oxygens (including phenoxy) is 1. The van der Waals surface area contributed by atoms with Crippen LogP contribution in [-0.2, 0) is 4.79 Å². The van der Waals surface area contributed by atoms with Crippen molar-refractivity contribution in [1.29, 1.82) is 0 Å². The van der Waals surface area contributed by atoms with Gasteiger partial charge < -0.3 is 4.74 Å². The molecule has 0 aromatic heterocycles. The van der Waals surface area contributed by atoms with Crippen LogP contribution in [0, 0.1) is 11.7 Å². The molecule has 7 heteroatoms. The van der Waals surface area contributed by atoms with Gasteiger partial charge in [-0.15, -0.1) is 0 Å². The molecule has 1 aliphatic heterocycles. The number of methoxy groups -OCH3 is 1. The monoisotopic (exact) mass is 340 g/mol. The molecule has 2 aromatic carbocycles. The minimum Gasteiger partial charge on any atom is -0.497 e. The molecule has 0 aliphatic carbocycles. The van der Waals surface area contributed by atoms with Gasteiger partial charge in [-0.1, -0.05) is 0 Å². The highest BCUT2D eigenvalue weighted by atomic mass is 19.1. The zero-order valence-corrected chi connectivity index (χ0v) is 13.8. The quantitative estimate of drug-likeness (QED) is 0.671. The lowest BCUT2D eigenvalue weighted by Crippen LogP contribution is -2.28. The molecule has 0 spiro atoms. The predicted molar refractivity (Wildman–Crippen MR) is 95.6 cm³/mol. The van der Waals surface area contributed by atoms with Crippen molar-refractivity contribution >= 4 is 29.2 Å². The fraction of sp³-hybridized carbons (Fsp3) is 0.167. The molecule has 1 N–H and O–H groups in total. The third-order valence-electron chi connectivity index (χ3n) is 3.76. The van der Waals surface area contributed by atoms with Gasteiger partial charge in [0.25, 0.3) is 5.91 Å². The van der Waals surface area contributed by atoms with Crippen molar-refractivity contribution in [3.63, 3.8) is 0 Å². The van der Waals surface area contributed by atoms with Gasteiger partial charge in [0.05, 0.1) is 24.2 Å². The van der Waals surface area contributed by atoms with Crippen molar-refractivity contribution in [1.82, 2.24) is 0 Å². The largest absolute Gasteiger partial charge is 0.497 e. The highest BCUT2D eigenvalue weighted by molar-refractivity contribution is 6.23. The number of hydrazone groups is 2. The van der Waals surface area contributed by atoms with Crippen LogP contribution in [0.25, 0.3) is 0 Å². The van der Waals surface area contributed by atoms with Gasteiger partial charge in [0, 0.05) is 6.21 Å². The fourth-order valence-corrected chi connectivity index (χ4v) is 2.37. The van der Waals surface area contributed by atoms with Crippen LogP contribution >= 0.6 is 0 Å². The first kappa shape index (κ1) is 16.6. The highest BCUT2D eigenvalue weighted by Crippen LogP contribution is 2.23. The summed E-state index contributed by atoms with van der Waals surface area (Å²) >= 11 is 0. The molecule has 3 rings (SSSR count). The first-order valence-corrected chi connectivity index (χ1v) is 7.66. The fourth-order valence-electron chi connectivity index (χ4n) is 2.37. The van der Waals surface area contributed by atoms with Crippen molar-refractivity contribution in [3.05, 3.63) is 54.3 Å². The second kappa shape index (κ2) is 7.12. The third-order valence-corrected chi connectivity index (χ3v) is 3.76. The third kappa shape index (κ3) is 3.65. The molecule has 1 atom stereocenters. The molecule has 25 heavy (non-hydrogen) atoms. The summed E-state index contributed by atoms with van der Waals surface area (Å²) in [6.45, 7) is 1.76. The van der Waals surface area contributed by atoms with Gasteiger partial charge in [-0.3, -0.25) is 10.2 Å². The van der Waals surface area contributed by atoms with Gasteiger partial charge in [0.15, 0.2) is 0 Å². The van der Waals surface area contributed by atoms with Gasteiger partial charge in [0.1, 0.15) is 17.5 Å². The van der Waals surface area contributed by atoms with Crippen molar-refractivity contribution < 1.29 is 13.9 Å². The summed E-state index contributed by atoms with van der Waals surface area (Å²) in [5.41, 5.74) is 4.77. The number of carbonyl (C=O) groups is 1. The van der Waals surface area contributed by atoms with Gasteiger partial charge in [0.2, 0.25) is 0 Å². The number of carbonyl (C=O) groups excluding carboxylic acids is 1. The van der Waals surface area contributed by atoms with Crippen LogP contribution in [0.3, 0.4) is 0 Å². The molecular weight excluding hydrogens is 323 g/mol. The van der Waals surface area contributed by atoms with Gasteiger partial charge in [-0.25, -0.2) is 4.39 Å². The molecule has 6 nitrogen and oxygen atoms in total. The van der Waals surface area contributed by atoms with Crippen molar-refractivity contribution in [2.45, 2.75) is 6.92 Å². The van der Waals surface area contributed by atoms with E-state index in [0.717, 1.165) is 11.4 Å². The predicted octanol–water partition coefficient (Wildman–Crippen LogP) is 3.27. The topological polar surface area (TPSA) is 66.3 Å². The summed E-state index contributed by atoms with van der Waals surface area (Å²) in [5.74, 6) is -0.406. The summed E-state index contributed by atoms with van der Waals surface area (Å²) in [5, 5.41) is 9.62. The number of halogens is 1. The van der Waals surface area contributed by atoms with E-state index < -0.39 is 5.92 Å². The van der Waals surface area contributed by atoms with Crippen LogP contribution < -0.4 is 15.2 Å². The van der Waals surface area contributed by atoms with Crippen LogP contribution in [0.1, 0.15) is 6.92 Å². The molecule has 1 unspecified atom stereocenters. The molecule has 1 aliphatic rings. The number of hydrogen-bond acceptors (Lipinski definition) is 5. The molecule has 0 fully saturated rings. The Labute approximate surface area is 144 Å². The van der Waals surface area contributed by atoms with Crippen LogP contribution in [-0.4, -0.2) is 24.9 Å². The average Bonchev–Trinajstić information content (AvgIpc) is 2.91. The maximum absolute atomic E-state index is 13.0. The van der Waals surface area contributed by atoms with E-state index in [2.05, 4.69) is 15.6 Å². The Morgan fingerprint density at radius 3 is 2.52 bits per heavy atom. The first-order valence-electron chi connectivity index (χ1n) is 7.66. The molecule has 1 amide bonds. The van der Waals surface area contributed by atoms with E-state index in [-0.39, 0.29) is 11.7 Å². The van der Waals surface area contributed by atoms with E-state index in [1.807, 2.05) is 24.3 Å². The lowest BCUT2D eigenvalue weighted by atomic mass is 10.1. The number of amides is 1. The van der Waals surface area contributed by atoms with Crippen molar-refractivity contribution in [2.75, 3.05) is 17.5 Å². The molecule has 0 saturated carbocycles. The summed E-state index contributed by atoms with van der Waals surface area (Å²) in [7, 11) is 1.60. The molecule has 0 saturated heterocycles.